The van der Waals surface area contributed by atoms with Crippen LogP contribution in [0.1, 0.15) is 18.9 Å². The SMILES string of the molecule is C=C(C)C(=O)NCC/C(=C\c1ccc(F)cc1Cl)C(=O)O. The molecule has 0 aliphatic rings. The van der Waals surface area contributed by atoms with Gasteiger partial charge in [0.2, 0.25) is 5.91 Å². The molecule has 0 atom stereocenters. The highest BCUT2D eigenvalue weighted by atomic mass is 35.5. The molecule has 1 rings (SSSR count). The van der Waals surface area contributed by atoms with Gasteiger partial charge in [-0.1, -0.05) is 24.2 Å². The smallest absolute Gasteiger partial charge is 0.331 e. The fraction of sp³-hybridized carbons (Fsp3) is 0.200. The van der Waals surface area contributed by atoms with Gasteiger partial charge in [-0.3, -0.25) is 4.79 Å². The van der Waals surface area contributed by atoms with Crippen molar-refractivity contribution in [2.24, 2.45) is 0 Å². The topological polar surface area (TPSA) is 66.4 Å². The molecule has 0 fully saturated rings. The zero-order chi connectivity index (χ0) is 16.0. The molecule has 112 valence electrons. The molecular weight excluding hydrogens is 297 g/mol. The van der Waals surface area contributed by atoms with Gasteiger partial charge in [-0.15, -0.1) is 0 Å². The summed E-state index contributed by atoms with van der Waals surface area (Å²) in [6.45, 7) is 5.19. The Morgan fingerprint density at radius 2 is 2.14 bits per heavy atom. The van der Waals surface area contributed by atoms with Crippen LogP contribution in [0.5, 0.6) is 0 Å². The predicted octanol–water partition coefficient (Wildman–Crippen LogP) is 3.03. The number of hydrogen-bond donors (Lipinski definition) is 2. The van der Waals surface area contributed by atoms with Gasteiger partial charge in [0.15, 0.2) is 0 Å². The van der Waals surface area contributed by atoms with E-state index in [9.17, 15) is 14.0 Å². The molecule has 4 nitrogen and oxygen atoms in total. The second kappa shape index (κ2) is 7.59. The Hall–Kier alpha value is -2.14. The maximum atomic E-state index is 12.9. The summed E-state index contributed by atoms with van der Waals surface area (Å²) in [7, 11) is 0. The van der Waals surface area contributed by atoms with E-state index in [-0.39, 0.29) is 29.5 Å². The van der Waals surface area contributed by atoms with Crippen LogP contribution >= 0.6 is 11.6 Å². The van der Waals surface area contributed by atoms with Crippen LogP contribution in [0.4, 0.5) is 4.39 Å². The monoisotopic (exact) mass is 311 g/mol. The number of benzene rings is 1. The van der Waals surface area contributed by atoms with Crippen LogP contribution in [0.3, 0.4) is 0 Å². The minimum Gasteiger partial charge on any atom is -0.478 e. The van der Waals surface area contributed by atoms with E-state index in [2.05, 4.69) is 11.9 Å². The maximum absolute atomic E-state index is 12.9. The van der Waals surface area contributed by atoms with Crippen LogP contribution in [0.15, 0.2) is 35.9 Å². The largest absolute Gasteiger partial charge is 0.478 e. The van der Waals surface area contributed by atoms with Gasteiger partial charge in [0.25, 0.3) is 0 Å². The number of carbonyl (C=O) groups excluding carboxylic acids is 1. The van der Waals surface area contributed by atoms with Gasteiger partial charge in [-0.25, -0.2) is 9.18 Å². The third-order valence-corrected chi connectivity index (χ3v) is 2.96. The van der Waals surface area contributed by atoms with Crippen LogP contribution < -0.4 is 5.32 Å². The standard InChI is InChI=1S/C15H15ClFNO3/c1-9(2)14(19)18-6-5-11(15(20)21)7-10-3-4-12(17)8-13(10)16/h3-4,7-8H,1,5-6H2,2H3,(H,18,19)(H,20,21)/b11-7+. The number of hydrogen-bond acceptors (Lipinski definition) is 2. The summed E-state index contributed by atoms with van der Waals surface area (Å²) >= 11 is 5.85. The molecule has 0 radical (unpaired) electrons. The Labute approximate surface area is 126 Å². The number of amides is 1. The zero-order valence-electron chi connectivity index (χ0n) is 11.5. The van der Waals surface area contributed by atoms with E-state index in [4.69, 9.17) is 16.7 Å². The summed E-state index contributed by atoms with van der Waals surface area (Å²) in [4.78, 5) is 22.5. The summed E-state index contributed by atoms with van der Waals surface area (Å²) in [5.41, 5.74) is 0.810. The summed E-state index contributed by atoms with van der Waals surface area (Å²) in [6.07, 6.45) is 1.47. The minimum absolute atomic E-state index is 0.0607. The second-order valence-corrected chi connectivity index (χ2v) is 4.83. The van der Waals surface area contributed by atoms with Crippen LogP contribution in [0, 0.1) is 5.82 Å². The average Bonchev–Trinajstić information content (AvgIpc) is 2.39. The number of rotatable bonds is 6. The number of carboxylic acids is 1. The van der Waals surface area contributed by atoms with Crippen molar-refractivity contribution in [2.45, 2.75) is 13.3 Å². The van der Waals surface area contributed by atoms with E-state index in [1.165, 1.54) is 18.2 Å². The number of nitrogens with one attached hydrogen (secondary N) is 1. The predicted molar refractivity (Wildman–Crippen MR) is 79.5 cm³/mol. The van der Waals surface area contributed by atoms with Crippen LogP contribution in [0.25, 0.3) is 6.08 Å². The second-order valence-electron chi connectivity index (χ2n) is 4.43. The Morgan fingerprint density at radius 1 is 1.48 bits per heavy atom. The van der Waals surface area contributed by atoms with Gasteiger partial charge >= 0.3 is 5.97 Å². The molecule has 0 spiro atoms. The zero-order valence-corrected chi connectivity index (χ0v) is 12.2. The van der Waals surface area contributed by atoms with Gasteiger partial charge in [0, 0.05) is 17.7 Å². The number of aliphatic carboxylic acids is 1. The van der Waals surface area contributed by atoms with E-state index in [1.54, 1.807) is 6.92 Å². The summed E-state index contributed by atoms with van der Waals surface area (Å²) in [5.74, 6) is -1.96. The van der Waals surface area contributed by atoms with Crippen molar-refractivity contribution in [3.05, 3.63) is 52.3 Å². The Bertz CT molecular complexity index is 611. The molecule has 0 aromatic heterocycles. The van der Waals surface area contributed by atoms with Crippen LogP contribution in [0.2, 0.25) is 5.02 Å². The average molecular weight is 312 g/mol. The van der Waals surface area contributed by atoms with Gasteiger partial charge in [0.1, 0.15) is 5.82 Å². The molecular formula is C15H15ClFNO3. The molecule has 0 aliphatic carbocycles. The first-order valence-corrected chi connectivity index (χ1v) is 6.51. The normalized spacial score (nSPS) is 11.1. The first kappa shape index (κ1) is 16.9. The third kappa shape index (κ3) is 5.39. The van der Waals surface area contributed by atoms with Gasteiger partial charge in [-0.2, -0.15) is 0 Å². The van der Waals surface area contributed by atoms with Crippen LogP contribution in [-0.2, 0) is 9.59 Å². The maximum Gasteiger partial charge on any atom is 0.331 e. The van der Waals surface area contributed by atoms with Crippen molar-refractivity contribution < 1.29 is 19.1 Å². The van der Waals surface area contributed by atoms with E-state index in [0.29, 0.717) is 11.1 Å². The Kier molecular flexibility index (Phi) is 6.11. The van der Waals surface area contributed by atoms with Crippen molar-refractivity contribution in [1.82, 2.24) is 5.32 Å². The number of halogens is 2. The van der Waals surface area contributed by atoms with E-state index in [0.717, 1.165) is 6.07 Å². The highest BCUT2D eigenvalue weighted by Gasteiger charge is 2.10. The molecule has 1 aromatic rings. The van der Waals surface area contributed by atoms with Crippen LogP contribution in [-0.4, -0.2) is 23.5 Å². The lowest BCUT2D eigenvalue weighted by Crippen LogP contribution is -2.25. The Balaban J connectivity index is 2.82. The molecule has 0 aliphatic heterocycles. The van der Waals surface area contributed by atoms with Crippen molar-refractivity contribution >= 4 is 29.6 Å². The Morgan fingerprint density at radius 3 is 2.67 bits per heavy atom. The minimum atomic E-state index is -1.13. The highest BCUT2D eigenvalue weighted by Crippen LogP contribution is 2.21. The highest BCUT2D eigenvalue weighted by molar-refractivity contribution is 6.32. The first-order valence-electron chi connectivity index (χ1n) is 6.14. The van der Waals surface area contributed by atoms with Gasteiger partial charge in [0.05, 0.1) is 5.02 Å². The van der Waals surface area contributed by atoms with Gasteiger partial charge in [-0.05, 0) is 37.1 Å². The van der Waals surface area contributed by atoms with E-state index in [1.807, 2.05) is 0 Å². The van der Waals surface area contributed by atoms with E-state index < -0.39 is 11.8 Å². The lowest BCUT2D eigenvalue weighted by Gasteiger charge is -2.06. The molecule has 1 aromatic carbocycles. The molecule has 2 N–H and O–H groups in total. The molecule has 0 bridgehead atoms. The van der Waals surface area contributed by atoms with Gasteiger partial charge < -0.3 is 10.4 Å². The molecule has 1 amide bonds. The third-order valence-electron chi connectivity index (χ3n) is 2.63. The molecule has 0 saturated carbocycles. The number of carboxylic acid groups (broad SMARTS) is 1. The molecule has 0 heterocycles. The quantitative estimate of drug-likeness (QED) is 0.794. The summed E-state index contributed by atoms with van der Waals surface area (Å²) < 4.78 is 12.9. The lowest BCUT2D eigenvalue weighted by molar-refractivity contribution is -0.132. The summed E-state index contributed by atoms with van der Waals surface area (Å²) in [6, 6.07) is 3.70. The summed E-state index contributed by atoms with van der Waals surface area (Å²) in [5, 5.41) is 11.8. The fourth-order valence-electron chi connectivity index (χ4n) is 1.51. The van der Waals surface area contributed by atoms with Crippen molar-refractivity contribution in [1.29, 1.82) is 0 Å². The molecule has 21 heavy (non-hydrogen) atoms. The molecule has 0 saturated heterocycles. The lowest BCUT2D eigenvalue weighted by atomic mass is 10.1. The number of carbonyl (C=O) groups is 2. The van der Waals surface area contributed by atoms with Crippen molar-refractivity contribution in [3.8, 4) is 0 Å². The molecule has 6 heteroatoms. The van der Waals surface area contributed by atoms with Crippen molar-refractivity contribution in [2.75, 3.05) is 6.54 Å². The van der Waals surface area contributed by atoms with E-state index >= 15 is 0 Å². The molecule has 0 unspecified atom stereocenters. The fourth-order valence-corrected chi connectivity index (χ4v) is 1.73. The van der Waals surface area contributed by atoms with Crippen molar-refractivity contribution in [3.63, 3.8) is 0 Å². The first-order chi connectivity index (χ1) is 9.81.